The molecule has 6 nitrogen and oxygen atoms in total. The molecular weight excluding hydrogens is 424 g/mol. The minimum atomic E-state index is -3.87. The van der Waals surface area contributed by atoms with Crippen LogP contribution in [-0.4, -0.2) is 36.8 Å². The molecule has 5 rings (SSSR count). The second-order valence-corrected chi connectivity index (χ2v) is 9.55. The highest BCUT2D eigenvalue weighted by molar-refractivity contribution is 7.89. The number of aromatic nitrogens is 1. The van der Waals surface area contributed by atoms with E-state index in [0.717, 1.165) is 27.2 Å². The number of nitrogens with one attached hydrogen (secondary N) is 1. The molecule has 0 bridgehead atoms. The molecule has 0 fully saturated rings. The van der Waals surface area contributed by atoms with Crippen LogP contribution in [-0.2, 0) is 26.0 Å². The molecule has 1 aliphatic rings. The number of carbonyl (C=O) groups excluding carboxylic acids is 1. The molecule has 0 atom stereocenters. The van der Waals surface area contributed by atoms with E-state index in [2.05, 4.69) is 4.98 Å². The van der Waals surface area contributed by atoms with E-state index in [0.29, 0.717) is 12.1 Å². The molecule has 2 heterocycles. The van der Waals surface area contributed by atoms with Crippen LogP contribution in [0.3, 0.4) is 0 Å². The van der Waals surface area contributed by atoms with Gasteiger partial charge < -0.3 is 9.72 Å². The third kappa shape index (κ3) is 3.35. The number of para-hydroxylation sites is 1. The van der Waals surface area contributed by atoms with Crippen LogP contribution in [0.2, 0.25) is 0 Å². The Balaban J connectivity index is 1.63. The SMILES string of the molecule is CCOC(=O)C1=CN(S(=O)(=O)c2ccc3ccccc3c2)CCc2c1[nH]c1ccccc21. The molecule has 7 heteroatoms. The van der Waals surface area contributed by atoms with E-state index in [4.69, 9.17) is 4.74 Å². The molecule has 1 N–H and O–H groups in total. The Morgan fingerprint density at radius 1 is 1.03 bits per heavy atom. The number of rotatable bonds is 4. The van der Waals surface area contributed by atoms with E-state index < -0.39 is 16.0 Å². The van der Waals surface area contributed by atoms with Crippen molar-refractivity contribution in [1.82, 2.24) is 9.29 Å². The van der Waals surface area contributed by atoms with E-state index in [-0.39, 0.29) is 23.6 Å². The van der Waals surface area contributed by atoms with Crippen molar-refractivity contribution in [2.24, 2.45) is 0 Å². The average Bonchev–Trinajstić information content (AvgIpc) is 3.05. The largest absolute Gasteiger partial charge is 0.462 e. The van der Waals surface area contributed by atoms with Crippen molar-refractivity contribution in [2.45, 2.75) is 18.2 Å². The van der Waals surface area contributed by atoms with Crippen LogP contribution in [0.25, 0.3) is 27.2 Å². The summed E-state index contributed by atoms with van der Waals surface area (Å²) in [6, 6.07) is 20.4. The van der Waals surface area contributed by atoms with Crippen LogP contribution in [0.1, 0.15) is 18.2 Å². The van der Waals surface area contributed by atoms with Gasteiger partial charge in [0.25, 0.3) is 10.0 Å². The highest BCUT2D eigenvalue weighted by Crippen LogP contribution is 2.33. The van der Waals surface area contributed by atoms with Crippen molar-refractivity contribution in [1.29, 1.82) is 0 Å². The Bertz CT molecular complexity index is 1480. The molecule has 0 amide bonds. The number of benzene rings is 3. The maximum absolute atomic E-state index is 13.6. The average molecular weight is 447 g/mol. The first-order chi connectivity index (χ1) is 15.5. The van der Waals surface area contributed by atoms with E-state index in [1.54, 1.807) is 25.1 Å². The first kappa shape index (κ1) is 20.3. The number of fused-ring (bicyclic) bond motifs is 4. The standard InChI is InChI=1S/C25H22N2O4S/c1-2-31-25(28)22-16-27(14-13-21-20-9-5-6-10-23(20)26-24(21)22)32(29,30)19-12-11-17-7-3-4-8-18(17)15-19/h3-12,15-16,26H,2,13-14H2,1H3. The number of H-pyrrole nitrogens is 1. The van der Waals surface area contributed by atoms with Gasteiger partial charge in [0.15, 0.2) is 0 Å². The van der Waals surface area contributed by atoms with Gasteiger partial charge in [-0.15, -0.1) is 0 Å². The highest BCUT2D eigenvalue weighted by atomic mass is 32.2. The lowest BCUT2D eigenvalue weighted by Gasteiger charge is -2.20. The van der Waals surface area contributed by atoms with Crippen LogP contribution >= 0.6 is 0 Å². The zero-order chi connectivity index (χ0) is 22.3. The fourth-order valence-corrected chi connectivity index (χ4v) is 5.56. The first-order valence-electron chi connectivity index (χ1n) is 10.5. The number of esters is 1. The van der Waals surface area contributed by atoms with Crippen LogP contribution in [0.5, 0.6) is 0 Å². The normalized spacial score (nSPS) is 14.2. The maximum Gasteiger partial charge on any atom is 0.341 e. The van der Waals surface area contributed by atoms with Gasteiger partial charge in [0.1, 0.15) is 5.57 Å². The fraction of sp³-hybridized carbons (Fsp3) is 0.160. The monoisotopic (exact) mass is 446 g/mol. The van der Waals surface area contributed by atoms with Gasteiger partial charge in [-0.05, 0) is 47.9 Å². The van der Waals surface area contributed by atoms with Crippen LogP contribution in [0.4, 0.5) is 0 Å². The number of sulfonamides is 1. The van der Waals surface area contributed by atoms with Crippen LogP contribution < -0.4 is 0 Å². The lowest BCUT2D eigenvalue weighted by molar-refractivity contribution is -0.136. The van der Waals surface area contributed by atoms with Gasteiger partial charge in [0.2, 0.25) is 0 Å². The van der Waals surface area contributed by atoms with Gasteiger partial charge in [-0.3, -0.25) is 4.31 Å². The van der Waals surface area contributed by atoms with Gasteiger partial charge in [-0.1, -0.05) is 48.5 Å². The van der Waals surface area contributed by atoms with E-state index in [1.807, 2.05) is 48.5 Å². The predicted octanol–water partition coefficient (Wildman–Crippen LogP) is 4.47. The zero-order valence-corrected chi connectivity index (χ0v) is 18.4. The predicted molar refractivity (Wildman–Crippen MR) is 124 cm³/mol. The van der Waals surface area contributed by atoms with Gasteiger partial charge in [0.05, 0.1) is 17.2 Å². The second-order valence-electron chi connectivity index (χ2n) is 7.66. The number of hydrogen-bond donors (Lipinski definition) is 1. The molecule has 0 aliphatic carbocycles. The van der Waals surface area contributed by atoms with Crippen molar-refractivity contribution in [2.75, 3.05) is 13.2 Å². The van der Waals surface area contributed by atoms with Crippen molar-refractivity contribution >= 4 is 43.2 Å². The Morgan fingerprint density at radius 3 is 2.59 bits per heavy atom. The smallest absolute Gasteiger partial charge is 0.341 e. The van der Waals surface area contributed by atoms with Gasteiger partial charge in [0, 0.05) is 23.6 Å². The van der Waals surface area contributed by atoms with Crippen molar-refractivity contribution < 1.29 is 17.9 Å². The van der Waals surface area contributed by atoms with Crippen LogP contribution in [0, 0.1) is 0 Å². The molecule has 0 saturated carbocycles. The number of hydrogen-bond acceptors (Lipinski definition) is 4. The van der Waals surface area contributed by atoms with Crippen molar-refractivity contribution in [3.63, 3.8) is 0 Å². The summed E-state index contributed by atoms with van der Waals surface area (Å²) in [7, 11) is -3.87. The number of carbonyl (C=O) groups is 1. The molecular formula is C25H22N2O4S. The second kappa shape index (κ2) is 7.84. The molecule has 162 valence electrons. The Labute approximate surface area is 186 Å². The molecule has 32 heavy (non-hydrogen) atoms. The summed E-state index contributed by atoms with van der Waals surface area (Å²) in [6.07, 6.45) is 1.87. The highest BCUT2D eigenvalue weighted by Gasteiger charge is 2.30. The number of ether oxygens (including phenoxy) is 1. The lowest BCUT2D eigenvalue weighted by Crippen LogP contribution is -2.28. The third-order valence-electron chi connectivity index (χ3n) is 5.76. The Kier molecular flexibility index (Phi) is 4.98. The lowest BCUT2D eigenvalue weighted by atomic mass is 10.0. The van der Waals surface area contributed by atoms with Gasteiger partial charge in [-0.25, -0.2) is 13.2 Å². The molecule has 1 aromatic heterocycles. The Morgan fingerprint density at radius 2 is 1.78 bits per heavy atom. The first-order valence-corrected chi connectivity index (χ1v) is 11.9. The topological polar surface area (TPSA) is 79.5 Å². The molecule has 4 aromatic rings. The molecule has 0 saturated heterocycles. The molecule has 3 aromatic carbocycles. The van der Waals surface area contributed by atoms with Crippen LogP contribution in [0.15, 0.2) is 77.8 Å². The third-order valence-corrected chi connectivity index (χ3v) is 7.52. The summed E-state index contributed by atoms with van der Waals surface area (Å²) in [5.41, 5.74) is 2.63. The summed E-state index contributed by atoms with van der Waals surface area (Å²) >= 11 is 0. The van der Waals surface area contributed by atoms with E-state index in [1.165, 1.54) is 10.5 Å². The quantitative estimate of drug-likeness (QED) is 0.469. The van der Waals surface area contributed by atoms with E-state index >= 15 is 0 Å². The maximum atomic E-state index is 13.6. The molecule has 1 aliphatic heterocycles. The fourth-order valence-electron chi connectivity index (χ4n) is 4.20. The van der Waals surface area contributed by atoms with Crippen molar-refractivity contribution in [3.8, 4) is 0 Å². The zero-order valence-electron chi connectivity index (χ0n) is 17.5. The summed E-state index contributed by atoms with van der Waals surface area (Å²) < 4.78 is 33.7. The van der Waals surface area contributed by atoms with Gasteiger partial charge >= 0.3 is 5.97 Å². The molecule has 0 radical (unpaired) electrons. The van der Waals surface area contributed by atoms with E-state index in [9.17, 15) is 13.2 Å². The van der Waals surface area contributed by atoms with Crippen molar-refractivity contribution in [3.05, 3.63) is 84.2 Å². The summed E-state index contributed by atoms with van der Waals surface area (Å²) in [6.45, 7) is 2.14. The summed E-state index contributed by atoms with van der Waals surface area (Å²) in [5.74, 6) is -0.555. The summed E-state index contributed by atoms with van der Waals surface area (Å²) in [4.78, 5) is 16.3. The number of nitrogens with zero attached hydrogens (tertiary/aromatic N) is 1. The number of aromatic amines is 1. The molecule has 0 unspecified atom stereocenters. The van der Waals surface area contributed by atoms with Gasteiger partial charge in [-0.2, -0.15) is 0 Å². The minimum absolute atomic E-state index is 0.186. The Hall–Kier alpha value is -3.58. The molecule has 0 spiro atoms. The minimum Gasteiger partial charge on any atom is -0.462 e. The summed E-state index contributed by atoms with van der Waals surface area (Å²) in [5, 5.41) is 2.78.